The second kappa shape index (κ2) is 6.59. The van der Waals surface area contributed by atoms with E-state index >= 15 is 0 Å². The molecule has 2 amide bonds. The molecule has 31 heavy (non-hydrogen) atoms. The van der Waals surface area contributed by atoms with Crippen molar-refractivity contribution in [3.05, 3.63) is 16.0 Å². The maximum Gasteiger partial charge on any atom is 0.265 e. The molecule has 1 N–H and O–H groups in total. The molecule has 0 saturated carbocycles. The standard InChI is InChI=1S/C22H26N4O3S2/c1-21(2)10-12-13(11-30-21)18(25-6-8-29-9-7-25)23-20-15(12)16-17(31-20)19(28)24-22(3)5-4-14(27)26(16)22/h4-11H2,1-3H3,(H,24,28)/t22-/m0/s1. The first-order valence-electron chi connectivity index (χ1n) is 10.9. The van der Waals surface area contributed by atoms with Crippen molar-refractivity contribution >= 4 is 56.6 Å². The van der Waals surface area contributed by atoms with Gasteiger partial charge in [-0.15, -0.1) is 11.3 Å². The number of rotatable bonds is 1. The fourth-order valence-corrected chi connectivity index (χ4v) is 7.51. The summed E-state index contributed by atoms with van der Waals surface area (Å²) in [7, 11) is 0. The largest absolute Gasteiger partial charge is 0.378 e. The molecule has 0 radical (unpaired) electrons. The van der Waals surface area contributed by atoms with E-state index in [1.54, 1.807) is 0 Å². The Balaban J connectivity index is 1.64. The topological polar surface area (TPSA) is 74.8 Å². The van der Waals surface area contributed by atoms with Gasteiger partial charge in [0.2, 0.25) is 5.91 Å². The molecule has 4 aliphatic heterocycles. The number of ether oxygens (including phenoxy) is 1. The quantitative estimate of drug-likeness (QED) is 0.707. The molecule has 0 aliphatic carbocycles. The van der Waals surface area contributed by atoms with Gasteiger partial charge in [0, 0.05) is 41.0 Å². The molecule has 0 aromatic carbocycles. The van der Waals surface area contributed by atoms with E-state index in [1.165, 1.54) is 22.5 Å². The maximum atomic E-state index is 13.1. The molecule has 164 valence electrons. The van der Waals surface area contributed by atoms with Crippen molar-refractivity contribution < 1.29 is 14.3 Å². The minimum absolute atomic E-state index is 0.0823. The zero-order valence-electron chi connectivity index (χ0n) is 18.0. The summed E-state index contributed by atoms with van der Waals surface area (Å²) in [6.45, 7) is 9.58. The van der Waals surface area contributed by atoms with E-state index in [2.05, 4.69) is 24.1 Å². The number of fused-ring (bicyclic) bond motifs is 7. The van der Waals surface area contributed by atoms with E-state index in [1.807, 2.05) is 23.6 Å². The smallest absolute Gasteiger partial charge is 0.265 e. The molecular formula is C22H26N4O3S2. The van der Waals surface area contributed by atoms with Crippen LogP contribution >= 0.6 is 23.1 Å². The number of morpholine rings is 1. The second-order valence-corrected chi connectivity index (χ2v) is 12.3. The number of carbonyl (C=O) groups is 2. The van der Waals surface area contributed by atoms with E-state index in [0.29, 0.717) is 30.9 Å². The third kappa shape index (κ3) is 2.85. The molecular weight excluding hydrogens is 432 g/mol. The SMILES string of the molecule is CC1(C)Cc2c(c(N3CCOCC3)nc3sc4c(c23)N2C(=O)CC[C@@]2(C)NC4=O)CS1. The lowest BCUT2D eigenvalue weighted by Crippen LogP contribution is -2.59. The predicted molar refractivity (Wildman–Crippen MR) is 124 cm³/mol. The summed E-state index contributed by atoms with van der Waals surface area (Å²) in [5.41, 5.74) is 2.68. The van der Waals surface area contributed by atoms with E-state index < -0.39 is 5.66 Å². The molecule has 1 atom stereocenters. The summed E-state index contributed by atoms with van der Waals surface area (Å²) in [6.07, 6.45) is 1.99. The minimum Gasteiger partial charge on any atom is -0.378 e. The van der Waals surface area contributed by atoms with Gasteiger partial charge in [-0.3, -0.25) is 14.5 Å². The van der Waals surface area contributed by atoms with Crippen LogP contribution in [0.1, 0.15) is 54.4 Å². The molecule has 6 rings (SSSR count). The lowest BCUT2D eigenvalue weighted by Gasteiger charge is -2.40. The molecule has 2 aromatic rings. The van der Waals surface area contributed by atoms with E-state index in [9.17, 15) is 9.59 Å². The van der Waals surface area contributed by atoms with Crippen molar-refractivity contribution in [2.24, 2.45) is 0 Å². The summed E-state index contributed by atoms with van der Waals surface area (Å²) >= 11 is 3.38. The molecule has 0 spiro atoms. The minimum atomic E-state index is -0.649. The first kappa shape index (κ1) is 19.8. The molecule has 2 aromatic heterocycles. The number of amides is 2. The molecule has 7 nitrogen and oxygen atoms in total. The van der Waals surface area contributed by atoms with Gasteiger partial charge in [0.25, 0.3) is 5.91 Å². The van der Waals surface area contributed by atoms with Gasteiger partial charge in [-0.2, -0.15) is 11.8 Å². The average Bonchev–Trinajstić information content (AvgIpc) is 3.25. The van der Waals surface area contributed by atoms with Crippen molar-refractivity contribution in [2.75, 3.05) is 36.1 Å². The van der Waals surface area contributed by atoms with Crippen LogP contribution < -0.4 is 15.1 Å². The summed E-state index contributed by atoms with van der Waals surface area (Å²) in [4.78, 5) is 36.8. The van der Waals surface area contributed by atoms with Crippen molar-refractivity contribution in [1.82, 2.24) is 10.3 Å². The van der Waals surface area contributed by atoms with Crippen LogP contribution in [0.3, 0.4) is 0 Å². The Labute approximate surface area is 189 Å². The number of hydrogen-bond donors (Lipinski definition) is 1. The van der Waals surface area contributed by atoms with Crippen LogP contribution in [0, 0.1) is 0 Å². The van der Waals surface area contributed by atoms with Gasteiger partial charge in [-0.25, -0.2) is 4.98 Å². The fourth-order valence-electron chi connectivity index (χ4n) is 5.35. The molecule has 2 fully saturated rings. The van der Waals surface area contributed by atoms with Gasteiger partial charge in [0.1, 0.15) is 21.2 Å². The van der Waals surface area contributed by atoms with Crippen LogP contribution in [-0.2, 0) is 21.7 Å². The Bertz CT molecular complexity index is 1140. The van der Waals surface area contributed by atoms with Crippen molar-refractivity contribution in [1.29, 1.82) is 0 Å². The molecule has 0 unspecified atom stereocenters. The van der Waals surface area contributed by atoms with Crippen molar-refractivity contribution in [3.8, 4) is 0 Å². The van der Waals surface area contributed by atoms with Gasteiger partial charge >= 0.3 is 0 Å². The number of anilines is 2. The lowest BCUT2D eigenvalue weighted by atomic mass is 9.93. The van der Waals surface area contributed by atoms with Gasteiger partial charge in [-0.05, 0) is 25.3 Å². The highest BCUT2D eigenvalue weighted by atomic mass is 32.2. The molecule has 2 saturated heterocycles. The Hall–Kier alpha value is -1.84. The Morgan fingerprint density at radius 1 is 1.13 bits per heavy atom. The second-order valence-electron chi connectivity index (χ2n) is 9.63. The monoisotopic (exact) mass is 458 g/mol. The van der Waals surface area contributed by atoms with Crippen molar-refractivity contribution in [2.45, 2.75) is 56.2 Å². The first-order chi connectivity index (χ1) is 14.8. The number of pyridine rings is 1. The maximum absolute atomic E-state index is 13.1. The van der Waals surface area contributed by atoms with Crippen LogP contribution in [0.25, 0.3) is 10.2 Å². The number of thioether (sulfide) groups is 1. The van der Waals surface area contributed by atoms with Gasteiger partial charge in [-0.1, -0.05) is 13.8 Å². The number of aromatic nitrogens is 1. The van der Waals surface area contributed by atoms with Crippen LogP contribution in [0.15, 0.2) is 0 Å². The Morgan fingerprint density at radius 2 is 1.90 bits per heavy atom. The third-order valence-corrected chi connectivity index (χ3v) is 9.34. The zero-order valence-corrected chi connectivity index (χ0v) is 19.7. The first-order valence-corrected chi connectivity index (χ1v) is 12.7. The van der Waals surface area contributed by atoms with Crippen LogP contribution in [-0.4, -0.2) is 53.5 Å². The summed E-state index contributed by atoms with van der Waals surface area (Å²) in [6, 6.07) is 0. The summed E-state index contributed by atoms with van der Waals surface area (Å²) < 4.78 is 5.66. The molecule has 0 bridgehead atoms. The van der Waals surface area contributed by atoms with E-state index in [-0.39, 0.29) is 16.6 Å². The van der Waals surface area contributed by atoms with Crippen LogP contribution in [0.5, 0.6) is 0 Å². The van der Waals surface area contributed by atoms with E-state index in [4.69, 9.17) is 9.72 Å². The molecule has 6 heterocycles. The van der Waals surface area contributed by atoms with Gasteiger partial charge in [0.05, 0.1) is 18.9 Å². The van der Waals surface area contributed by atoms with E-state index in [0.717, 1.165) is 47.0 Å². The van der Waals surface area contributed by atoms with Crippen LogP contribution in [0.2, 0.25) is 0 Å². The fraction of sp³-hybridized carbons (Fsp3) is 0.591. The number of thiophene rings is 1. The van der Waals surface area contributed by atoms with Gasteiger partial charge < -0.3 is 15.0 Å². The zero-order chi connectivity index (χ0) is 21.5. The lowest BCUT2D eigenvalue weighted by molar-refractivity contribution is -0.117. The normalized spacial score (nSPS) is 27.2. The average molecular weight is 459 g/mol. The van der Waals surface area contributed by atoms with Crippen molar-refractivity contribution in [3.63, 3.8) is 0 Å². The summed E-state index contributed by atoms with van der Waals surface area (Å²) in [5.74, 6) is 1.92. The Morgan fingerprint density at radius 3 is 2.68 bits per heavy atom. The predicted octanol–water partition coefficient (Wildman–Crippen LogP) is 3.29. The molecule has 9 heteroatoms. The number of nitrogens with one attached hydrogen (secondary N) is 1. The number of hydrogen-bond acceptors (Lipinski definition) is 7. The number of carbonyl (C=O) groups excluding carboxylic acids is 2. The Kier molecular flexibility index (Phi) is 4.21. The number of nitrogens with zero attached hydrogens (tertiary/aromatic N) is 3. The highest BCUT2D eigenvalue weighted by Gasteiger charge is 2.50. The molecule has 4 aliphatic rings. The van der Waals surface area contributed by atoms with Crippen LogP contribution in [0.4, 0.5) is 11.5 Å². The summed E-state index contributed by atoms with van der Waals surface area (Å²) in [5, 5.41) is 4.12. The van der Waals surface area contributed by atoms with Gasteiger partial charge in [0.15, 0.2) is 0 Å². The third-order valence-electron chi connectivity index (χ3n) is 6.91. The highest BCUT2D eigenvalue weighted by Crippen LogP contribution is 2.52. The highest BCUT2D eigenvalue weighted by molar-refractivity contribution is 7.99.